The molecule has 0 bridgehead atoms. The van der Waals surface area contributed by atoms with E-state index in [9.17, 15) is 4.79 Å². The van der Waals surface area contributed by atoms with Crippen LogP contribution in [-0.4, -0.2) is 37.7 Å². The lowest BCUT2D eigenvalue weighted by molar-refractivity contribution is -0.126. The molecule has 4 nitrogen and oxygen atoms in total. The van der Waals surface area contributed by atoms with Crippen molar-refractivity contribution in [3.8, 4) is 0 Å². The van der Waals surface area contributed by atoms with Gasteiger partial charge in [0, 0.05) is 12.1 Å². The zero-order chi connectivity index (χ0) is 11.4. The molecule has 0 aromatic rings. The van der Waals surface area contributed by atoms with Gasteiger partial charge in [-0.15, -0.1) is 0 Å². The van der Waals surface area contributed by atoms with Crippen LogP contribution in [0.5, 0.6) is 0 Å². The molecule has 0 aromatic carbocycles. The minimum absolute atomic E-state index is 0.0289. The number of hydrogen-bond donors (Lipinski definition) is 2. The Kier molecular flexibility index (Phi) is 4.18. The first-order valence-corrected chi connectivity index (χ1v) is 6.36. The Hall–Kier alpha value is -0.610. The number of amides is 1. The number of carbonyl (C=O) groups excluding carboxylic acids is 1. The van der Waals surface area contributed by atoms with E-state index in [1.54, 1.807) is 0 Å². The van der Waals surface area contributed by atoms with Crippen LogP contribution in [0.25, 0.3) is 0 Å². The first-order chi connectivity index (χ1) is 7.75. The minimum Gasteiger partial charge on any atom is -0.371 e. The summed E-state index contributed by atoms with van der Waals surface area (Å²) in [5.74, 6) is 0.754. The molecule has 2 N–H and O–H groups in total. The summed E-state index contributed by atoms with van der Waals surface area (Å²) in [6, 6.07) is 0.645. The number of rotatable bonds is 5. The largest absolute Gasteiger partial charge is 0.371 e. The molecule has 1 heterocycles. The number of nitrogens with one attached hydrogen (secondary N) is 2. The third kappa shape index (κ3) is 3.76. The maximum absolute atomic E-state index is 11.6. The van der Waals surface area contributed by atoms with Gasteiger partial charge in [0.15, 0.2) is 0 Å². The van der Waals surface area contributed by atoms with E-state index >= 15 is 0 Å². The van der Waals surface area contributed by atoms with Crippen LogP contribution in [-0.2, 0) is 9.53 Å². The highest BCUT2D eigenvalue weighted by Gasteiger charge is 2.24. The molecule has 0 radical (unpaired) electrons. The molecule has 2 unspecified atom stereocenters. The normalized spacial score (nSPS) is 30.1. The lowest BCUT2D eigenvalue weighted by Gasteiger charge is -2.30. The van der Waals surface area contributed by atoms with E-state index in [0.717, 1.165) is 31.9 Å². The van der Waals surface area contributed by atoms with Crippen molar-refractivity contribution in [2.75, 3.05) is 19.8 Å². The molecular weight excluding hydrogens is 204 g/mol. The highest BCUT2D eigenvalue weighted by molar-refractivity contribution is 5.77. The predicted molar refractivity (Wildman–Crippen MR) is 62.2 cm³/mol. The average Bonchev–Trinajstić information content (AvgIpc) is 3.05. The smallest absolute Gasteiger partial charge is 0.246 e. The molecule has 2 atom stereocenters. The predicted octanol–water partition coefficient (Wildman–Crippen LogP) is 0.670. The summed E-state index contributed by atoms with van der Waals surface area (Å²) in [7, 11) is 0. The molecule has 1 saturated heterocycles. The summed E-state index contributed by atoms with van der Waals surface area (Å²) >= 11 is 0. The number of piperidine rings is 1. The van der Waals surface area contributed by atoms with Crippen LogP contribution in [0.15, 0.2) is 0 Å². The number of hydrogen-bond acceptors (Lipinski definition) is 3. The van der Waals surface area contributed by atoms with Crippen LogP contribution >= 0.6 is 0 Å². The lowest BCUT2D eigenvalue weighted by Crippen LogP contribution is -2.52. The molecule has 92 valence electrons. The minimum atomic E-state index is 0.0289. The van der Waals surface area contributed by atoms with E-state index in [0.29, 0.717) is 6.04 Å². The molecule has 1 amide bonds. The van der Waals surface area contributed by atoms with Crippen molar-refractivity contribution in [2.45, 2.75) is 44.7 Å². The molecule has 2 fully saturated rings. The van der Waals surface area contributed by atoms with Gasteiger partial charge in [-0.3, -0.25) is 4.79 Å². The van der Waals surface area contributed by atoms with E-state index in [-0.39, 0.29) is 18.6 Å². The first-order valence-electron chi connectivity index (χ1n) is 6.36. The third-order valence-electron chi connectivity index (χ3n) is 3.39. The van der Waals surface area contributed by atoms with E-state index in [1.807, 2.05) is 0 Å². The van der Waals surface area contributed by atoms with Crippen molar-refractivity contribution in [1.29, 1.82) is 0 Å². The van der Waals surface area contributed by atoms with Crippen molar-refractivity contribution in [1.82, 2.24) is 10.6 Å². The SMILES string of the molecule is CC1NCCCC1NC(=O)COCC1CC1. The fourth-order valence-corrected chi connectivity index (χ4v) is 2.09. The maximum Gasteiger partial charge on any atom is 0.246 e. The zero-order valence-electron chi connectivity index (χ0n) is 10.00. The first kappa shape index (κ1) is 11.9. The molecular formula is C12H22N2O2. The molecule has 2 rings (SSSR count). The van der Waals surface area contributed by atoms with E-state index in [1.165, 1.54) is 12.8 Å². The Balaban J connectivity index is 1.60. The van der Waals surface area contributed by atoms with Crippen LogP contribution in [0.4, 0.5) is 0 Å². The zero-order valence-corrected chi connectivity index (χ0v) is 10.00. The fourth-order valence-electron chi connectivity index (χ4n) is 2.09. The van der Waals surface area contributed by atoms with Crippen molar-refractivity contribution in [2.24, 2.45) is 5.92 Å². The highest BCUT2D eigenvalue weighted by atomic mass is 16.5. The van der Waals surface area contributed by atoms with Gasteiger partial charge in [0.05, 0.1) is 6.61 Å². The van der Waals surface area contributed by atoms with Gasteiger partial charge in [0.2, 0.25) is 5.91 Å². The third-order valence-corrected chi connectivity index (χ3v) is 3.39. The van der Waals surface area contributed by atoms with Gasteiger partial charge in [-0.1, -0.05) is 0 Å². The van der Waals surface area contributed by atoms with Crippen molar-refractivity contribution < 1.29 is 9.53 Å². The van der Waals surface area contributed by atoms with Gasteiger partial charge in [-0.25, -0.2) is 0 Å². The van der Waals surface area contributed by atoms with Gasteiger partial charge < -0.3 is 15.4 Å². The average molecular weight is 226 g/mol. The molecule has 0 aromatic heterocycles. The highest BCUT2D eigenvalue weighted by Crippen LogP contribution is 2.28. The van der Waals surface area contributed by atoms with Crippen LogP contribution < -0.4 is 10.6 Å². The van der Waals surface area contributed by atoms with E-state index in [2.05, 4.69) is 17.6 Å². The van der Waals surface area contributed by atoms with E-state index < -0.39 is 0 Å². The molecule has 4 heteroatoms. The monoisotopic (exact) mass is 226 g/mol. The van der Waals surface area contributed by atoms with Crippen LogP contribution in [0.1, 0.15) is 32.6 Å². The van der Waals surface area contributed by atoms with E-state index in [4.69, 9.17) is 4.74 Å². The van der Waals surface area contributed by atoms with Gasteiger partial charge in [0.25, 0.3) is 0 Å². The quantitative estimate of drug-likeness (QED) is 0.724. The maximum atomic E-state index is 11.6. The van der Waals surface area contributed by atoms with Gasteiger partial charge in [-0.05, 0) is 45.1 Å². The summed E-state index contributed by atoms with van der Waals surface area (Å²) < 4.78 is 5.36. The van der Waals surface area contributed by atoms with Gasteiger partial charge in [-0.2, -0.15) is 0 Å². The summed E-state index contributed by atoms with van der Waals surface area (Å²) in [5, 5.41) is 6.40. The van der Waals surface area contributed by atoms with Crippen molar-refractivity contribution >= 4 is 5.91 Å². The second-order valence-corrected chi connectivity index (χ2v) is 5.02. The standard InChI is InChI=1S/C12H22N2O2/c1-9-11(3-2-6-13-9)14-12(15)8-16-7-10-4-5-10/h9-11,13H,2-8H2,1H3,(H,14,15). The molecule has 1 aliphatic heterocycles. The Morgan fingerprint density at radius 2 is 2.25 bits per heavy atom. The summed E-state index contributed by atoms with van der Waals surface area (Å²) in [4.78, 5) is 11.6. The van der Waals surface area contributed by atoms with Crippen LogP contribution in [0, 0.1) is 5.92 Å². The lowest BCUT2D eigenvalue weighted by atomic mass is 10.00. The number of ether oxygens (including phenoxy) is 1. The van der Waals surface area contributed by atoms with Crippen molar-refractivity contribution in [3.05, 3.63) is 0 Å². The Morgan fingerprint density at radius 3 is 2.94 bits per heavy atom. The fraction of sp³-hybridized carbons (Fsp3) is 0.917. The molecule has 1 aliphatic carbocycles. The summed E-state index contributed by atoms with van der Waals surface area (Å²) in [5.41, 5.74) is 0. The number of carbonyl (C=O) groups is 1. The summed E-state index contributed by atoms with van der Waals surface area (Å²) in [6.07, 6.45) is 4.75. The Bertz CT molecular complexity index is 241. The van der Waals surface area contributed by atoms with Crippen LogP contribution in [0.3, 0.4) is 0 Å². The molecule has 0 spiro atoms. The van der Waals surface area contributed by atoms with Crippen LogP contribution in [0.2, 0.25) is 0 Å². The molecule has 2 aliphatic rings. The second-order valence-electron chi connectivity index (χ2n) is 5.02. The van der Waals surface area contributed by atoms with Gasteiger partial charge >= 0.3 is 0 Å². The molecule has 16 heavy (non-hydrogen) atoms. The van der Waals surface area contributed by atoms with Crippen molar-refractivity contribution in [3.63, 3.8) is 0 Å². The Labute approximate surface area is 97.1 Å². The van der Waals surface area contributed by atoms with Gasteiger partial charge in [0.1, 0.15) is 6.61 Å². The second kappa shape index (κ2) is 5.64. The molecule has 1 saturated carbocycles. The Morgan fingerprint density at radius 1 is 1.44 bits per heavy atom. The topological polar surface area (TPSA) is 50.4 Å². The summed E-state index contributed by atoms with van der Waals surface area (Å²) in [6.45, 7) is 4.16.